The van der Waals surface area contributed by atoms with E-state index in [1.165, 1.54) is 0 Å². The minimum absolute atomic E-state index is 0.0904. The fraction of sp³-hybridized carbons (Fsp3) is 0.556. The first-order valence-electron chi connectivity index (χ1n) is 11.5. The maximum atomic E-state index is 6.25. The lowest BCUT2D eigenvalue weighted by molar-refractivity contribution is 0.0498. The summed E-state index contributed by atoms with van der Waals surface area (Å²) in [6.07, 6.45) is 0. The van der Waals surface area contributed by atoms with Crippen LogP contribution in [0.4, 0.5) is 11.4 Å². The molecule has 33 heavy (non-hydrogen) atoms. The van der Waals surface area contributed by atoms with Crippen LogP contribution < -0.4 is 14.0 Å². The second-order valence-electron chi connectivity index (χ2n) is 11.4. The van der Waals surface area contributed by atoms with Crippen LogP contribution in [0.25, 0.3) is 0 Å². The van der Waals surface area contributed by atoms with Gasteiger partial charge in [0.15, 0.2) is 21.8 Å². The van der Waals surface area contributed by atoms with Crippen LogP contribution in [-0.2, 0) is 20.3 Å². The Morgan fingerprint density at radius 2 is 1.03 bits per heavy atom. The van der Waals surface area contributed by atoms with Gasteiger partial charge in [0, 0.05) is 25.3 Å². The van der Waals surface area contributed by atoms with Crippen molar-refractivity contribution in [1.29, 1.82) is 0 Å². The highest BCUT2D eigenvalue weighted by Crippen LogP contribution is 2.48. The van der Waals surface area contributed by atoms with Crippen molar-refractivity contribution >= 4 is 19.6 Å². The molecule has 0 amide bonds. The monoisotopic (exact) mass is 473 g/mol. The Morgan fingerprint density at radius 3 is 1.30 bits per heavy atom. The predicted octanol–water partition coefficient (Wildman–Crippen LogP) is 7.22. The van der Waals surface area contributed by atoms with Crippen molar-refractivity contribution in [1.82, 2.24) is 0 Å². The van der Waals surface area contributed by atoms with Gasteiger partial charge in [-0.3, -0.25) is 0 Å². The maximum absolute atomic E-state index is 6.25. The van der Waals surface area contributed by atoms with Crippen molar-refractivity contribution < 1.29 is 18.9 Å². The molecule has 0 heterocycles. The number of methoxy groups -OCH3 is 2. The molecule has 2 aromatic carbocycles. The lowest BCUT2D eigenvalue weighted by Crippen LogP contribution is -2.43. The lowest BCUT2D eigenvalue weighted by Gasteiger charge is -2.40. The number of para-hydroxylation sites is 2. The SMILES string of the molecule is COCOc1c(N(c2cccc(C(C)(C)C)c2OCOC)[Si](C)(C)C)cccc1C(C)(C)C. The summed E-state index contributed by atoms with van der Waals surface area (Å²) in [5, 5.41) is 0. The summed E-state index contributed by atoms with van der Waals surface area (Å²) in [5.74, 6) is 1.71. The number of nitrogens with zero attached hydrogens (tertiary/aromatic N) is 1. The van der Waals surface area contributed by atoms with Crippen molar-refractivity contribution in [2.24, 2.45) is 0 Å². The average molecular weight is 474 g/mol. The van der Waals surface area contributed by atoms with E-state index in [-0.39, 0.29) is 24.4 Å². The molecule has 0 aliphatic heterocycles. The van der Waals surface area contributed by atoms with Gasteiger partial charge in [-0.05, 0) is 23.0 Å². The van der Waals surface area contributed by atoms with Crippen LogP contribution in [0.15, 0.2) is 36.4 Å². The lowest BCUT2D eigenvalue weighted by atomic mass is 9.85. The molecule has 0 saturated carbocycles. The van der Waals surface area contributed by atoms with E-state index in [4.69, 9.17) is 18.9 Å². The number of rotatable bonds is 9. The van der Waals surface area contributed by atoms with Crippen LogP contribution in [0.5, 0.6) is 11.5 Å². The summed E-state index contributed by atoms with van der Waals surface area (Å²) < 4.78 is 25.6. The molecule has 2 rings (SSSR count). The molecule has 184 valence electrons. The molecule has 5 nitrogen and oxygen atoms in total. The first kappa shape index (κ1) is 27.2. The first-order valence-corrected chi connectivity index (χ1v) is 15.0. The van der Waals surface area contributed by atoms with Gasteiger partial charge in [-0.15, -0.1) is 0 Å². The van der Waals surface area contributed by atoms with E-state index in [0.29, 0.717) is 0 Å². The molecule has 0 saturated heterocycles. The smallest absolute Gasteiger partial charge is 0.188 e. The van der Waals surface area contributed by atoms with E-state index in [1.807, 2.05) is 0 Å². The Hall–Kier alpha value is -2.02. The van der Waals surface area contributed by atoms with Gasteiger partial charge in [0.2, 0.25) is 0 Å². The zero-order valence-corrected chi connectivity index (χ0v) is 23.5. The van der Waals surface area contributed by atoms with E-state index in [1.54, 1.807) is 14.2 Å². The fourth-order valence-corrected chi connectivity index (χ4v) is 5.77. The van der Waals surface area contributed by atoms with Crippen molar-refractivity contribution in [2.75, 3.05) is 32.4 Å². The first-order chi connectivity index (χ1) is 15.2. The van der Waals surface area contributed by atoms with Gasteiger partial charge in [0.25, 0.3) is 0 Å². The fourth-order valence-electron chi connectivity index (χ4n) is 3.97. The summed E-state index contributed by atoms with van der Waals surface area (Å²) >= 11 is 0. The molecule has 2 aromatic rings. The van der Waals surface area contributed by atoms with Crippen molar-refractivity contribution in [3.8, 4) is 11.5 Å². The summed E-state index contributed by atoms with van der Waals surface area (Å²) in [7, 11) is 1.32. The minimum atomic E-state index is -1.98. The Kier molecular flexibility index (Phi) is 8.66. The van der Waals surface area contributed by atoms with Gasteiger partial charge in [0.05, 0.1) is 11.4 Å². The zero-order chi connectivity index (χ0) is 25.0. The second kappa shape index (κ2) is 10.5. The number of benzene rings is 2. The van der Waals surface area contributed by atoms with Crippen LogP contribution >= 0.6 is 0 Å². The van der Waals surface area contributed by atoms with E-state index >= 15 is 0 Å². The van der Waals surface area contributed by atoms with Crippen LogP contribution in [0.3, 0.4) is 0 Å². The Morgan fingerprint density at radius 1 is 0.667 bits per heavy atom. The topological polar surface area (TPSA) is 40.2 Å². The Balaban J connectivity index is 2.89. The quantitative estimate of drug-likeness (QED) is 0.284. The molecule has 0 aliphatic carbocycles. The highest BCUT2D eigenvalue weighted by atomic mass is 28.3. The van der Waals surface area contributed by atoms with Gasteiger partial charge in [0.1, 0.15) is 11.5 Å². The van der Waals surface area contributed by atoms with E-state index < -0.39 is 8.24 Å². The molecule has 0 aromatic heterocycles. The zero-order valence-electron chi connectivity index (χ0n) is 22.5. The minimum Gasteiger partial charge on any atom is -0.465 e. The number of hydrogen-bond acceptors (Lipinski definition) is 5. The van der Waals surface area contributed by atoms with Crippen molar-refractivity contribution in [3.05, 3.63) is 47.5 Å². The molecule has 0 fully saturated rings. The predicted molar refractivity (Wildman–Crippen MR) is 141 cm³/mol. The molecule has 0 unspecified atom stereocenters. The molecule has 0 radical (unpaired) electrons. The highest BCUT2D eigenvalue weighted by Gasteiger charge is 2.34. The van der Waals surface area contributed by atoms with Gasteiger partial charge >= 0.3 is 0 Å². The summed E-state index contributed by atoms with van der Waals surface area (Å²) in [4.78, 5) is 0. The average Bonchev–Trinajstić information content (AvgIpc) is 2.69. The van der Waals surface area contributed by atoms with Crippen molar-refractivity contribution in [2.45, 2.75) is 72.0 Å². The van der Waals surface area contributed by atoms with Crippen LogP contribution in [0, 0.1) is 0 Å². The molecule has 0 aliphatic rings. The molecule has 0 bridgehead atoms. The Labute approximate surface area is 202 Å². The molecule has 6 heteroatoms. The van der Waals surface area contributed by atoms with Gasteiger partial charge < -0.3 is 23.5 Å². The van der Waals surface area contributed by atoms with Gasteiger partial charge in [-0.25, -0.2) is 0 Å². The van der Waals surface area contributed by atoms with Gasteiger partial charge in [-0.1, -0.05) is 85.4 Å². The highest BCUT2D eigenvalue weighted by molar-refractivity contribution is 6.81. The molecule has 0 atom stereocenters. The molecular weight excluding hydrogens is 430 g/mol. The Bertz CT molecular complexity index is 854. The normalized spacial score (nSPS) is 12.6. The molecule has 0 spiro atoms. The van der Waals surface area contributed by atoms with E-state index in [0.717, 1.165) is 34.0 Å². The maximum Gasteiger partial charge on any atom is 0.188 e. The third-order valence-corrected chi connectivity index (χ3v) is 7.22. The molecular formula is C27H43NO4Si. The van der Waals surface area contributed by atoms with Crippen molar-refractivity contribution in [3.63, 3.8) is 0 Å². The largest absolute Gasteiger partial charge is 0.465 e. The number of hydrogen-bond donors (Lipinski definition) is 0. The standard InChI is InChI=1S/C27H43NO4Si/c1-26(2,3)20-14-12-16-22(24(20)31-18-29-7)28(33(9,10)11)23-17-13-15-21(27(4,5)6)25(23)32-19-30-8/h12-17H,18-19H2,1-11H3. The van der Waals surface area contributed by atoms with Crippen LogP contribution in [0.2, 0.25) is 19.6 Å². The van der Waals surface area contributed by atoms with Gasteiger partial charge in [-0.2, -0.15) is 0 Å². The molecule has 0 N–H and O–H groups in total. The van der Waals surface area contributed by atoms with Crippen LogP contribution in [-0.4, -0.2) is 36.0 Å². The third kappa shape index (κ3) is 6.52. The number of anilines is 2. The van der Waals surface area contributed by atoms with E-state index in [9.17, 15) is 0 Å². The summed E-state index contributed by atoms with van der Waals surface area (Å²) in [6, 6.07) is 12.8. The van der Waals surface area contributed by atoms with Crippen LogP contribution in [0.1, 0.15) is 52.7 Å². The summed E-state index contributed by atoms with van der Waals surface area (Å²) in [5.41, 5.74) is 4.18. The summed E-state index contributed by atoms with van der Waals surface area (Å²) in [6.45, 7) is 20.6. The second-order valence-corrected chi connectivity index (χ2v) is 16.2. The number of ether oxygens (including phenoxy) is 4. The van der Waals surface area contributed by atoms with E-state index in [2.05, 4.69) is 102 Å². The third-order valence-electron chi connectivity index (χ3n) is 5.40.